The zero-order valence-corrected chi connectivity index (χ0v) is 16.1. The van der Waals surface area contributed by atoms with Gasteiger partial charge >= 0.3 is 0 Å². The normalized spacial score (nSPS) is 19.8. The fraction of sp³-hybridized carbons (Fsp3) is 0.333. The second-order valence-electron chi connectivity index (χ2n) is 7.95. The summed E-state index contributed by atoms with van der Waals surface area (Å²) in [7, 11) is 0. The molecule has 1 aliphatic carbocycles. The van der Waals surface area contributed by atoms with Crippen molar-refractivity contribution in [2.45, 2.75) is 31.4 Å². The molecule has 2 unspecified atom stereocenters. The van der Waals surface area contributed by atoms with Crippen molar-refractivity contribution in [3.05, 3.63) is 71.7 Å². The van der Waals surface area contributed by atoms with Gasteiger partial charge in [0, 0.05) is 24.9 Å². The second kappa shape index (κ2) is 6.60. The van der Waals surface area contributed by atoms with Crippen LogP contribution in [0.25, 0.3) is 5.52 Å². The van der Waals surface area contributed by atoms with Crippen molar-refractivity contribution in [1.82, 2.24) is 29.5 Å². The maximum atomic E-state index is 14.3. The van der Waals surface area contributed by atoms with Crippen molar-refractivity contribution in [2.24, 2.45) is 5.92 Å². The molecule has 4 aromatic rings. The third-order valence-corrected chi connectivity index (χ3v) is 6.00. The molecular weight excluding hydrogens is 385 g/mol. The van der Waals surface area contributed by atoms with E-state index in [9.17, 15) is 9.50 Å². The van der Waals surface area contributed by atoms with E-state index in [1.54, 1.807) is 41.6 Å². The summed E-state index contributed by atoms with van der Waals surface area (Å²) in [5.41, 5.74) is 3.61. The number of aromatic nitrogens is 6. The molecule has 0 radical (unpaired) electrons. The van der Waals surface area contributed by atoms with Crippen LogP contribution in [0, 0.1) is 11.7 Å². The van der Waals surface area contributed by atoms with Crippen LogP contribution in [0.3, 0.4) is 0 Å². The van der Waals surface area contributed by atoms with Gasteiger partial charge in [-0.1, -0.05) is 0 Å². The Morgan fingerprint density at radius 2 is 2.10 bits per heavy atom. The molecule has 5 heterocycles. The lowest BCUT2D eigenvalue weighted by atomic mass is 10.00. The molecule has 0 amide bonds. The summed E-state index contributed by atoms with van der Waals surface area (Å²) in [6.45, 7) is 0.690. The van der Waals surface area contributed by atoms with Crippen molar-refractivity contribution < 1.29 is 9.50 Å². The van der Waals surface area contributed by atoms with Crippen molar-refractivity contribution in [3.8, 4) is 0 Å². The molecule has 152 valence electrons. The van der Waals surface area contributed by atoms with Gasteiger partial charge in [-0.15, -0.1) is 0 Å². The lowest BCUT2D eigenvalue weighted by Gasteiger charge is -2.34. The largest absolute Gasteiger partial charge is 0.386 e. The number of nitrogens with one attached hydrogen (secondary N) is 1. The molecule has 30 heavy (non-hydrogen) atoms. The summed E-state index contributed by atoms with van der Waals surface area (Å²) in [6, 6.07) is 4.50. The van der Waals surface area contributed by atoms with Crippen molar-refractivity contribution >= 4 is 11.3 Å². The number of hydrogen-bond donors (Lipinski definition) is 2. The molecule has 2 atom stereocenters. The average molecular weight is 405 g/mol. The first kappa shape index (κ1) is 17.5. The number of aliphatic hydroxyl groups excluding tert-OH is 1. The van der Waals surface area contributed by atoms with Gasteiger partial charge in [-0.25, -0.2) is 18.9 Å². The van der Waals surface area contributed by atoms with E-state index < -0.39 is 6.10 Å². The lowest BCUT2D eigenvalue weighted by molar-refractivity contribution is 0.148. The summed E-state index contributed by atoms with van der Waals surface area (Å²) in [5.74, 6) is 0.657. The first-order valence-corrected chi connectivity index (χ1v) is 10.1. The number of nitrogens with zero attached hydrogens (tertiary/aromatic N) is 6. The predicted octanol–water partition coefficient (Wildman–Crippen LogP) is 2.58. The minimum atomic E-state index is -0.553. The predicted molar refractivity (Wildman–Crippen MR) is 106 cm³/mol. The smallest absolute Gasteiger partial charge is 0.148 e. The van der Waals surface area contributed by atoms with Gasteiger partial charge in [0.15, 0.2) is 0 Å². The summed E-state index contributed by atoms with van der Waals surface area (Å²) in [6.07, 6.45) is 9.05. The maximum absolute atomic E-state index is 14.3. The molecule has 1 saturated carbocycles. The molecular formula is C21H20FN7O. The van der Waals surface area contributed by atoms with Crippen LogP contribution in [0.4, 0.5) is 10.2 Å². The molecule has 0 saturated heterocycles. The van der Waals surface area contributed by atoms with Crippen molar-refractivity contribution in [2.75, 3.05) is 11.4 Å². The van der Waals surface area contributed by atoms with E-state index in [0.29, 0.717) is 35.2 Å². The van der Waals surface area contributed by atoms with Gasteiger partial charge in [-0.05, 0) is 37.0 Å². The van der Waals surface area contributed by atoms with Gasteiger partial charge in [0.2, 0.25) is 0 Å². The molecule has 6 rings (SSSR count). The molecule has 0 aromatic carbocycles. The van der Waals surface area contributed by atoms with Gasteiger partial charge in [-0.2, -0.15) is 5.10 Å². The molecule has 4 aromatic heterocycles. The maximum Gasteiger partial charge on any atom is 0.148 e. The highest BCUT2D eigenvalue weighted by molar-refractivity contribution is 5.54. The third kappa shape index (κ3) is 2.77. The molecule has 0 bridgehead atoms. The fourth-order valence-corrected chi connectivity index (χ4v) is 4.24. The topological polar surface area (TPSA) is 95.2 Å². The van der Waals surface area contributed by atoms with Gasteiger partial charge < -0.3 is 15.0 Å². The first-order valence-electron chi connectivity index (χ1n) is 10.1. The van der Waals surface area contributed by atoms with Crippen LogP contribution in [-0.4, -0.2) is 41.2 Å². The highest BCUT2D eigenvalue weighted by Gasteiger charge is 2.35. The molecule has 1 fully saturated rings. The van der Waals surface area contributed by atoms with Gasteiger partial charge in [-0.3, -0.25) is 4.98 Å². The zero-order valence-electron chi connectivity index (χ0n) is 16.1. The standard InChI is InChI=1S/C21H20FN7O/c22-13-2-1-6-29-17(13)8-15(27-29)20-19-14(25-11-26-19)5-7-28(20)18-10-23-16(9-24-18)21(30)12-3-4-12/h1-2,6,8-12,20-21,30H,3-5,7H2,(H,25,26). The second-order valence-corrected chi connectivity index (χ2v) is 7.95. The van der Waals surface area contributed by atoms with Crippen molar-refractivity contribution in [1.29, 1.82) is 0 Å². The molecule has 8 nitrogen and oxygen atoms in total. The first-order chi connectivity index (χ1) is 14.7. The molecule has 2 N–H and O–H groups in total. The quantitative estimate of drug-likeness (QED) is 0.542. The summed E-state index contributed by atoms with van der Waals surface area (Å²) < 4.78 is 15.8. The molecule has 9 heteroatoms. The number of pyridine rings is 1. The Labute approximate surface area is 171 Å². The van der Waals surface area contributed by atoms with Gasteiger partial charge in [0.1, 0.15) is 29.3 Å². The summed E-state index contributed by atoms with van der Waals surface area (Å²) >= 11 is 0. The minimum Gasteiger partial charge on any atom is -0.386 e. The van der Waals surface area contributed by atoms with Crippen LogP contribution >= 0.6 is 0 Å². The van der Waals surface area contributed by atoms with Gasteiger partial charge in [0.05, 0.1) is 35.8 Å². The van der Waals surface area contributed by atoms with E-state index in [-0.39, 0.29) is 11.9 Å². The molecule has 2 aliphatic rings. The monoisotopic (exact) mass is 405 g/mol. The average Bonchev–Trinajstić information content (AvgIpc) is 3.34. The Hall–Kier alpha value is -3.33. The van der Waals surface area contributed by atoms with Crippen LogP contribution in [0.1, 0.15) is 47.8 Å². The fourth-order valence-electron chi connectivity index (χ4n) is 4.24. The van der Waals surface area contributed by atoms with Crippen LogP contribution in [0.15, 0.2) is 43.1 Å². The van der Waals surface area contributed by atoms with E-state index in [1.165, 1.54) is 6.07 Å². The van der Waals surface area contributed by atoms with Crippen LogP contribution in [-0.2, 0) is 6.42 Å². The Morgan fingerprint density at radius 1 is 1.20 bits per heavy atom. The van der Waals surface area contributed by atoms with E-state index in [2.05, 4.69) is 29.9 Å². The number of aromatic amines is 1. The van der Waals surface area contributed by atoms with Crippen LogP contribution in [0.5, 0.6) is 0 Å². The van der Waals surface area contributed by atoms with Crippen LogP contribution in [0.2, 0.25) is 0 Å². The molecule has 1 aliphatic heterocycles. The summed E-state index contributed by atoms with van der Waals surface area (Å²) in [4.78, 5) is 18.9. The van der Waals surface area contributed by atoms with Crippen molar-refractivity contribution in [3.63, 3.8) is 0 Å². The SMILES string of the molecule is OC(c1cnc(N2CCc3[nH]cnc3C2c2cc3c(F)cccn3n2)cn1)C1CC1. The number of halogens is 1. The number of anilines is 1. The Kier molecular flexibility index (Phi) is 3.85. The number of imidazole rings is 1. The van der Waals surface area contributed by atoms with Gasteiger partial charge in [0.25, 0.3) is 0 Å². The van der Waals surface area contributed by atoms with Crippen LogP contribution < -0.4 is 4.90 Å². The Balaban J connectivity index is 1.42. The lowest BCUT2D eigenvalue weighted by Crippen LogP contribution is -2.37. The number of aliphatic hydroxyl groups is 1. The third-order valence-electron chi connectivity index (χ3n) is 6.00. The zero-order chi connectivity index (χ0) is 20.2. The van der Waals surface area contributed by atoms with E-state index in [4.69, 9.17) is 0 Å². The van der Waals surface area contributed by atoms with E-state index >= 15 is 0 Å². The number of fused-ring (bicyclic) bond motifs is 2. The highest BCUT2D eigenvalue weighted by Crippen LogP contribution is 2.40. The summed E-state index contributed by atoms with van der Waals surface area (Å²) in [5, 5.41) is 14.9. The number of hydrogen-bond acceptors (Lipinski definition) is 6. The van der Waals surface area contributed by atoms with E-state index in [1.807, 2.05) is 0 Å². The molecule has 0 spiro atoms. The minimum absolute atomic E-state index is 0.298. The number of rotatable bonds is 4. The van der Waals surface area contributed by atoms with E-state index in [0.717, 1.165) is 30.7 Å². The number of H-pyrrole nitrogens is 1. The Bertz CT molecular complexity index is 1210. The highest BCUT2D eigenvalue weighted by atomic mass is 19.1. The Morgan fingerprint density at radius 3 is 2.87 bits per heavy atom.